The van der Waals surface area contributed by atoms with Crippen molar-refractivity contribution in [2.45, 2.75) is 38.1 Å². The van der Waals surface area contributed by atoms with Crippen molar-refractivity contribution in [1.82, 2.24) is 15.6 Å². The van der Waals surface area contributed by atoms with Crippen LogP contribution in [0.3, 0.4) is 0 Å². The van der Waals surface area contributed by atoms with Crippen LogP contribution in [0.25, 0.3) is 0 Å². The predicted molar refractivity (Wildman–Crippen MR) is 74.1 cm³/mol. The highest BCUT2D eigenvalue weighted by Gasteiger charge is 2.15. The molecule has 1 aromatic heterocycles. The summed E-state index contributed by atoms with van der Waals surface area (Å²) in [6, 6.07) is 3.45. The summed E-state index contributed by atoms with van der Waals surface area (Å²) in [5.74, 6) is -0.0543. The van der Waals surface area contributed by atoms with E-state index < -0.39 is 0 Å². The molecule has 102 valence electrons. The second-order valence-electron chi connectivity index (χ2n) is 4.68. The summed E-state index contributed by atoms with van der Waals surface area (Å²) in [5, 5.41) is 15.8. The Labute approximate surface area is 112 Å². The fourth-order valence-corrected chi connectivity index (χ4v) is 2.19. The molecule has 2 rings (SSSR count). The van der Waals surface area contributed by atoms with Gasteiger partial charge in [-0.2, -0.15) is 0 Å². The molecule has 0 aromatic carbocycles. The zero-order valence-electron chi connectivity index (χ0n) is 10.8. The van der Waals surface area contributed by atoms with Crippen LogP contribution >= 0.6 is 0 Å². The lowest BCUT2D eigenvalue weighted by Gasteiger charge is -2.22. The van der Waals surface area contributed by atoms with Gasteiger partial charge >= 0.3 is 6.03 Å². The number of carbonyl (C=O) groups excluding carboxylic acids is 1. The highest BCUT2D eigenvalue weighted by Crippen LogP contribution is 2.17. The molecule has 4 N–H and O–H groups in total. The topological polar surface area (TPSA) is 89.9 Å². The Morgan fingerprint density at radius 1 is 1.32 bits per heavy atom. The molecule has 1 aromatic rings. The maximum absolute atomic E-state index is 11.7. The average Bonchev–Trinajstić information content (AvgIpc) is 2.40. The molecule has 19 heavy (non-hydrogen) atoms. The van der Waals surface area contributed by atoms with Gasteiger partial charge in [-0.05, 0) is 25.0 Å². The van der Waals surface area contributed by atoms with Gasteiger partial charge in [0.2, 0.25) is 5.96 Å². The third kappa shape index (κ3) is 4.57. The van der Waals surface area contributed by atoms with Crippen LogP contribution in [0.15, 0.2) is 24.5 Å². The molecule has 0 bridgehead atoms. The van der Waals surface area contributed by atoms with Crippen molar-refractivity contribution in [2.75, 3.05) is 5.32 Å². The van der Waals surface area contributed by atoms with Gasteiger partial charge in [-0.3, -0.25) is 15.7 Å². The number of nitrogens with one attached hydrogen (secondary N) is 4. The molecule has 0 radical (unpaired) electrons. The second kappa shape index (κ2) is 6.72. The van der Waals surface area contributed by atoms with E-state index in [1.54, 1.807) is 24.5 Å². The van der Waals surface area contributed by atoms with E-state index in [-0.39, 0.29) is 18.0 Å². The van der Waals surface area contributed by atoms with Crippen LogP contribution in [-0.4, -0.2) is 23.0 Å². The summed E-state index contributed by atoms with van der Waals surface area (Å²) in [4.78, 5) is 15.6. The third-order valence-corrected chi connectivity index (χ3v) is 3.11. The number of pyridine rings is 1. The smallest absolute Gasteiger partial charge is 0.321 e. The van der Waals surface area contributed by atoms with Crippen LogP contribution in [-0.2, 0) is 0 Å². The third-order valence-electron chi connectivity index (χ3n) is 3.11. The van der Waals surface area contributed by atoms with E-state index in [9.17, 15) is 4.79 Å². The molecule has 0 saturated heterocycles. The predicted octanol–water partition coefficient (Wildman–Crippen LogP) is 2.06. The Hall–Kier alpha value is -2.11. The van der Waals surface area contributed by atoms with E-state index in [0.717, 1.165) is 25.7 Å². The Bertz CT molecular complexity index is 428. The quantitative estimate of drug-likeness (QED) is 0.485. The van der Waals surface area contributed by atoms with Crippen LogP contribution in [0.5, 0.6) is 0 Å². The van der Waals surface area contributed by atoms with Crippen LogP contribution in [0.4, 0.5) is 10.5 Å². The van der Waals surface area contributed by atoms with Gasteiger partial charge in [0, 0.05) is 12.2 Å². The molecule has 1 aliphatic carbocycles. The minimum atomic E-state index is -0.326. The molecule has 0 atom stereocenters. The number of urea groups is 1. The van der Waals surface area contributed by atoms with Crippen molar-refractivity contribution in [3.8, 4) is 0 Å². The van der Waals surface area contributed by atoms with E-state index >= 15 is 0 Å². The highest BCUT2D eigenvalue weighted by molar-refractivity contribution is 6.01. The van der Waals surface area contributed by atoms with Crippen molar-refractivity contribution in [3.05, 3.63) is 24.5 Å². The van der Waals surface area contributed by atoms with Gasteiger partial charge in [0.05, 0.1) is 11.9 Å². The molecule has 1 heterocycles. The SMILES string of the molecule is N=C(NC(=O)NC1CCCCC1)Nc1cccnc1. The summed E-state index contributed by atoms with van der Waals surface area (Å²) in [6.07, 6.45) is 8.87. The fraction of sp³-hybridized carbons (Fsp3) is 0.462. The number of hydrogen-bond acceptors (Lipinski definition) is 3. The molecule has 0 aliphatic heterocycles. The average molecular weight is 261 g/mol. The number of guanidine groups is 1. The first-order valence-corrected chi connectivity index (χ1v) is 6.57. The van der Waals surface area contributed by atoms with Gasteiger partial charge < -0.3 is 10.6 Å². The molecule has 6 nitrogen and oxygen atoms in total. The maximum Gasteiger partial charge on any atom is 0.321 e. The Balaban J connectivity index is 1.74. The summed E-state index contributed by atoms with van der Waals surface area (Å²) in [6.45, 7) is 0. The van der Waals surface area contributed by atoms with Crippen molar-refractivity contribution >= 4 is 17.7 Å². The second-order valence-corrected chi connectivity index (χ2v) is 4.68. The summed E-state index contributed by atoms with van der Waals surface area (Å²) in [7, 11) is 0. The lowest BCUT2D eigenvalue weighted by molar-refractivity contribution is 0.237. The molecule has 0 spiro atoms. The van der Waals surface area contributed by atoms with Gasteiger partial charge in [0.25, 0.3) is 0 Å². The summed E-state index contributed by atoms with van der Waals surface area (Å²) < 4.78 is 0. The maximum atomic E-state index is 11.7. The number of hydrogen-bond donors (Lipinski definition) is 4. The van der Waals surface area contributed by atoms with E-state index in [2.05, 4.69) is 20.9 Å². The van der Waals surface area contributed by atoms with Crippen molar-refractivity contribution in [3.63, 3.8) is 0 Å². The first kappa shape index (κ1) is 13.3. The number of aromatic nitrogens is 1. The zero-order valence-corrected chi connectivity index (χ0v) is 10.8. The fourth-order valence-electron chi connectivity index (χ4n) is 2.19. The summed E-state index contributed by atoms with van der Waals surface area (Å²) >= 11 is 0. The number of carbonyl (C=O) groups is 1. The number of anilines is 1. The highest BCUT2D eigenvalue weighted by atomic mass is 16.2. The molecule has 6 heteroatoms. The first-order valence-electron chi connectivity index (χ1n) is 6.57. The van der Waals surface area contributed by atoms with Crippen LogP contribution in [0.1, 0.15) is 32.1 Å². The van der Waals surface area contributed by atoms with Crippen molar-refractivity contribution in [1.29, 1.82) is 5.41 Å². The summed E-state index contributed by atoms with van der Waals surface area (Å²) in [5.41, 5.74) is 0.672. The van der Waals surface area contributed by atoms with Gasteiger partial charge in [0.15, 0.2) is 0 Å². The normalized spacial score (nSPS) is 15.6. The molecular weight excluding hydrogens is 242 g/mol. The van der Waals surface area contributed by atoms with Gasteiger partial charge in [-0.15, -0.1) is 0 Å². The molecule has 2 amide bonds. The Morgan fingerprint density at radius 2 is 2.11 bits per heavy atom. The monoisotopic (exact) mass is 261 g/mol. The van der Waals surface area contributed by atoms with Crippen LogP contribution in [0, 0.1) is 5.41 Å². The zero-order chi connectivity index (χ0) is 13.5. The van der Waals surface area contributed by atoms with E-state index in [4.69, 9.17) is 5.41 Å². The lowest BCUT2D eigenvalue weighted by atomic mass is 9.96. The minimum Gasteiger partial charge on any atom is -0.335 e. The molecule has 1 aliphatic rings. The van der Waals surface area contributed by atoms with Gasteiger partial charge in [-0.1, -0.05) is 19.3 Å². The van der Waals surface area contributed by atoms with Crippen molar-refractivity contribution in [2.24, 2.45) is 0 Å². The number of rotatable bonds is 2. The largest absolute Gasteiger partial charge is 0.335 e. The van der Waals surface area contributed by atoms with Gasteiger partial charge in [-0.25, -0.2) is 4.79 Å². The first-order chi connectivity index (χ1) is 9.24. The van der Waals surface area contributed by atoms with Gasteiger partial charge in [0.1, 0.15) is 0 Å². The number of amides is 2. The van der Waals surface area contributed by atoms with Crippen molar-refractivity contribution < 1.29 is 4.79 Å². The Morgan fingerprint density at radius 3 is 2.79 bits per heavy atom. The van der Waals surface area contributed by atoms with E-state index in [1.165, 1.54) is 6.42 Å². The number of nitrogens with zero attached hydrogens (tertiary/aromatic N) is 1. The minimum absolute atomic E-state index is 0.0543. The molecule has 1 saturated carbocycles. The standard InChI is InChI=1S/C13H19N5O/c14-12(16-11-7-4-8-15-9-11)18-13(19)17-10-5-2-1-3-6-10/h4,7-10H,1-3,5-6H2,(H4,14,16,17,18,19). The molecule has 0 unspecified atom stereocenters. The molecule has 1 fully saturated rings. The lowest BCUT2D eigenvalue weighted by Crippen LogP contribution is -2.46. The van der Waals surface area contributed by atoms with E-state index in [0.29, 0.717) is 5.69 Å². The Kier molecular flexibility index (Phi) is 4.72. The van der Waals surface area contributed by atoms with Crippen LogP contribution < -0.4 is 16.0 Å². The van der Waals surface area contributed by atoms with Crippen LogP contribution in [0.2, 0.25) is 0 Å². The molecular formula is C13H19N5O. The van der Waals surface area contributed by atoms with E-state index in [1.807, 2.05) is 0 Å².